The van der Waals surface area contributed by atoms with E-state index in [4.69, 9.17) is 11.6 Å². The molecule has 1 aliphatic heterocycles. The minimum Gasteiger partial charge on any atom is -0.370 e. The van der Waals surface area contributed by atoms with Crippen molar-refractivity contribution in [2.45, 2.75) is 25.4 Å². The number of benzene rings is 1. The number of piperidine rings is 1. The van der Waals surface area contributed by atoms with Crippen LogP contribution in [-0.4, -0.2) is 47.9 Å². The molecule has 0 aliphatic carbocycles. The lowest BCUT2D eigenvalue weighted by Crippen LogP contribution is -2.45. The maximum Gasteiger partial charge on any atom is 0.417 e. The highest BCUT2D eigenvalue weighted by atomic mass is 35.5. The number of aromatic nitrogens is 1. The van der Waals surface area contributed by atoms with E-state index < -0.39 is 11.7 Å². The quantitative estimate of drug-likeness (QED) is 0.596. The average molecular weight is 469 g/mol. The summed E-state index contributed by atoms with van der Waals surface area (Å²) >= 11 is 5.87. The fourth-order valence-electron chi connectivity index (χ4n) is 3.48. The molecule has 2 aromatic rings. The number of rotatable bonds is 7. The molecule has 6 nitrogen and oxygen atoms in total. The second-order valence-corrected chi connectivity index (χ2v) is 8.03. The highest BCUT2D eigenvalue weighted by molar-refractivity contribution is 6.30. The monoisotopic (exact) mass is 468 g/mol. The zero-order chi connectivity index (χ0) is 23.1. The molecule has 1 atom stereocenters. The molecule has 0 spiro atoms. The van der Waals surface area contributed by atoms with Crippen LogP contribution in [0.15, 0.2) is 42.6 Å². The summed E-state index contributed by atoms with van der Waals surface area (Å²) in [7, 11) is 0. The topological polar surface area (TPSA) is 74.3 Å². The summed E-state index contributed by atoms with van der Waals surface area (Å²) in [5.74, 6) is -0.156. The number of halogens is 4. The Morgan fingerprint density at radius 2 is 1.88 bits per heavy atom. The molecule has 2 amide bonds. The predicted octanol–water partition coefficient (Wildman–Crippen LogP) is 4.22. The Bertz CT molecular complexity index is 920. The van der Waals surface area contributed by atoms with Gasteiger partial charge in [-0.15, -0.1) is 0 Å². The molecule has 3 rings (SSSR count). The van der Waals surface area contributed by atoms with Gasteiger partial charge in [-0.05, 0) is 55.7 Å². The third kappa shape index (κ3) is 6.59. The van der Waals surface area contributed by atoms with Crippen molar-refractivity contribution in [2.75, 3.05) is 31.5 Å². The summed E-state index contributed by atoms with van der Waals surface area (Å²) in [5.41, 5.74) is -0.259. The van der Waals surface area contributed by atoms with Crippen LogP contribution in [0, 0.1) is 5.92 Å². The molecular formula is C22H24ClF3N4O2. The number of carbonyl (C=O) groups is 2. The van der Waals surface area contributed by atoms with Gasteiger partial charge in [0.25, 0.3) is 5.91 Å². The van der Waals surface area contributed by atoms with Crippen molar-refractivity contribution in [3.8, 4) is 0 Å². The number of amides is 2. The summed E-state index contributed by atoms with van der Waals surface area (Å²) < 4.78 is 37.6. The maximum atomic E-state index is 12.7. The molecule has 0 radical (unpaired) electrons. The first-order valence-corrected chi connectivity index (χ1v) is 10.7. The van der Waals surface area contributed by atoms with Crippen molar-refractivity contribution in [1.29, 1.82) is 0 Å². The van der Waals surface area contributed by atoms with Crippen LogP contribution >= 0.6 is 11.6 Å². The van der Waals surface area contributed by atoms with Gasteiger partial charge in [-0.3, -0.25) is 9.59 Å². The predicted molar refractivity (Wildman–Crippen MR) is 115 cm³/mol. The van der Waals surface area contributed by atoms with Crippen molar-refractivity contribution in [2.24, 2.45) is 5.92 Å². The third-order valence-electron chi connectivity index (χ3n) is 5.22. The van der Waals surface area contributed by atoms with Crippen LogP contribution in [0.25, 0.3) is 0 Å². The van der Waals surface area contributed by atoms with Gasteiger partial charge in [0.1, 0.15) is 5.82 Å². The molecule has 1 aromatic carbocycles. The van der Waals surface area contributed by atoms with Crippen LogP contribution < -0.4 is 10.6 Å². The molecule has 0 unspecified atom stereocenters. The fourth-order valence-corrected chi connectivity index (χ4v) is 3.60. The summed E-state index contributed by atoms with van der Waals surface area (Å²) in [6.45, 7) is 1.83. The molecular weight excluding hydrogens is 445 g/mol. The lowest BCUT2D eigenvalue weighted by molar-refractivity contribution is -0.137. The van der Waals surface area contributed by atoms with Crippen LogP contribution in [0.4, 0.5) is 19.0 Å². The zero-order valence-corrected chi connectivity index (χ0v) is 18.0. The molecule has 2 heterocycles. The molecule has 0 bridgehead atoms. The van der Waals surface area contributed by atoms with Gasteiger partial charge in [0.05, 0.1) is 11.5 Å². The maximum absolute atomic E-state index is 12.7. The van der Waals surface area contributed by atoms with E-state index in [1.165, 1.54) is 6.07 Å². The van der Waals surface area contributed by atoms with Crippen LogP contribution in [-0.2, 0) is 11.0 Å². The van der Waals surface area contributed by atoms with E-state index in [2.05, 4.69) is 15.6 Å². The Balaban J connectivity index is 1.39. The second-order valence-electron chi connectivity index (χ2n) is 7.60. The molecule has 32 heavy (non-hydrogen) atoms. The number of hydrogen-bond donors (Lipinski definition) is 2. The Morgan fingerprint density at radius 1 is 1.12 bits per heavy atom. The first-order valence-electron chi connectivity index (χ1n) is 10.3. The Morgan fingerprint density at radius 3 is 2.53 bits per heavy atom. The third-order valence-corrected chi connectivity index (χ3v) is 5.47. The van der Waals surface area contributed by atoms with Crippen LogP contribution in [0.1, 0.15) is 35.2 Å². The van der Waals surface area contributed by atoms with E-state index in [1.54, 1.807) is 29.2 Å². The first-order chi connectivity index (χ1) is 15.2. The van der Waals surface area contributed by atoms with Crippen LogP contribution in [0.2, 0.25) is 5.02 Å². The van der Waals surface area contributed by atoms with Crippen LogP contribution in [0.3, 0.4) is 0 Å². The number of likely N-dealkylation sites (tertiary alicyclic amines) is 1. The van der Waals surface area contributed by atoms with Gasteiger partial charge in [-0.1, -0.05) is 11.6 Å². The second kappa shape index (κ2) is 10.7. The van der Waals surface area contributed by atoms with E-state index in [-0.39, 0.29) is 17.7 Å². The number of nitrogens with zero attached hydrogens (tertiary/aromatic N) is 2. The standard InChI is InChI=1S/C22H24ClF3N4O2/c23-18-7-4-15(5-8-18)21(32)30-12-1-3-16(14-30)20(31)28-11-2-10-27-19-9-6-17(13-29-19)22(24,25)26/h4-9,13,16H,1-3,10-12,14H2,(H,27,29)(H,28,31)/t16-/m1/s1. The van der Waals surface area contributed by atoms with Gasteiger partial charge >= 0.3 is 6.18 Å². The first kappa shape index (κ1) is 23.8. The van der Waals surface area contributed by atoms with Crippen molar-refractivity contribution < 1.29 is 22.8 Å². The van der Waals surface area contributed by atoms with Crippen molar-refractivity contribution in [1.82, 2.24) is 15.2 Å². The molecule has 1 fully saturated rings. The molecule has 2 N–H and O–H groups in total. The smallest absolute Gasteiger partial charge is 0.370 e. The highest BCUT2D eigenvalue weighted by Crippen LogP contribution is 2.28. The lowest BCUT2D eigenvalue weighted by atomic mass is 9.96. The number of nitrogens with one attached hydrogen (secondary N) is 2. The fraction of sp³-hybridized carbons (Fsp3) is 0.409. The van der Waals surface area contributed by atoms with E-state index >= 15 is 0 Å². The summed E-state index contributed by atoms with van der Waals surface area (Å²) in [6.07, 6.45) is -1.59. The highest BCUT2D eigenvalue weighted by Gasteiger charge is 2.31. The summed E-state index contributed by atoms with van der Waals surface area (Å²) in [5, 5.41) is 6.36. The number of anilines is 1. The van der Waals surface area contributed by atoms with Gasteiger partial charge < -0.3 is 15.5 Å². The minimum atomic E-state index is -4.41. The van der Waals surface area contributed by atoms with E-state index in [9.17, 15) is 22.8 Å². The number of carbonyl (C=O) groups excluding carboxylic acids is 2. The molecule has 1 saturated heterocycles. The van der Waals surface area contributed by atoms with Gasteiger partial charge in [-0.2, -0.15) is 13.2 Å². The summed E-state index contributed by atoms with van der Waals surface area (Å²) in [6, 6.07) is 8.92. The SMILES string of the molecule is O=C(NCCCNc1ccc(C(F)(F)F)cn1)[C@@H]1CCCN(C(=O)c2ccc(Cl)cc2)C1. The van der Waals surface area contributed by atoms with Crippen molar-refractivity contribution in [3.63, 3.8) is 0 Å². The average Bonchev–Trinajstić information content (AvgIpc) is 2.78. The molecule has 172 valence electrons. The number of pyridine rings is 1. The van der Waals surface area contributed by atoms with Crippen molar-refractivity contribution in [3.05, 3.63) is 58.7 Å². The van der Waals surface area contributed by atoms with E-state index in [0.29, 0.717) is 55.4 Å². The lowest BCUT2D eigenvalue weighted by Gasteiger charge is -2.32. The Labute approximate surface area is 189 Å². The molecule has 1 aliphatic rings. The largest absolute Gasteiger partial charge is 0.417 e. The number of hydrogen-bond acceptors (Lipinski definition) is 4. The normalized spacial score (nSPS) is 16.5. The van der Waals surface area contributed by atoms with Crippen LogP contribution in [0.5, 0.6) is 0 Å². The molecule has 1 aromatic heterocycles. The van der Waals surface area contributed by atoms with Gasteiger partial charge in [0.15, 0.2) is 0 Å². The molecule has 10 heteroatoms. The Kier molecular flexibility index (Phi) is 7.95. The zero-order valence-electron chi connectivity index (χ0n) is 17.3. The van der Waals surface area contributed by atoms with Gasteiger partial charge in [-0.25, -0.2) is 4.98 Å². The van der Waals surface area contributed by atoms with Gasteiger partial charge in [0.2, 0.25) is 5.91 Å². The number of alkyl halides is 3. The molecule has 0 saturated carbocycles. The van der Waals surface area contributed by atoms with E-state index in [0.717, 1.165) is 18.7 Å². The minimum absolute atomic E-state index is 0.105. The van der Waals surface area contributed by atoms with Crippen molar-refractivity contribution >= 4 is 29.2 Å². The van der Waals surface area contributed by atoms with E-state index in [1.807, 2.05) is 0 Å². The summed E-state index contributed by atoms with van der Waals surface area (Å²) in [4.78, 5) is 30.6. The van der Waals surface area contributed by atoms with Gasteiger partial charge in [0, 0.05) is 43.0 Å². The Hall–Kier alpha value is -2.81.